The minimum Gasteiger partial charge on any atom is -0.494 e. The van der Waals surface area contributed by atoms with Crippen molar-refractivity contribution in [2.75, 3.05) is 20.8 Å². The third-order valence-electron chi connectivity index (χ3n) is 3.63. The maximum absolute atomic E-state index is 12.1. The van der Waals surface area contributed by atoms with Gasteiger partial charge in [-0.3, -0.25) is 0 Å². The van der Waals surface area contributed by atoms with E-state index in [1.165, 1.54) is 0 Å². The first-order valence-corrected chi connectivity index (χ1v) is 8.30. The summed E-state index contributed by atoms with van der Waals surface area (Å²) in [5, 5.41) is 3.91. The molecule has 0 aliphatic rings. The van der Waals surface area contributed by atoms with Gasteiger partial charge in [-0.15, -0.1) is 0 Å². The van der Waals surface area contributed by atoms with Crippen molar-refractivity contribution in [2.45, 2.75) is 20.3 Å². The molecule has 0 aliphatic heterocycles. The molecule has 0 aliphatic carbocycles. The molecule has 2 aromatic rings. The van der Waals surface area contributed by atoms with Gasteiger partial charge in [-0.2, -0.15) is 0 Å². The number of carbonyl (C=O) groups excluding carboxylic acids is 1. The molecule has 0 saturated carbocycles. The molecule has 6 nitrogen and oxygen atoms in total. The standard InChI is InChI=1S/C20H23NO5/c1-5-12-25-17-9-6-15(7-10-17)20(22)26-21-14(2)16-8-11-18(23-3)19(13-16)24-4/h6-11,13H,5,12H2,1-4H3/b21-14+. The molecule has 138 valence electrons. The lowest BCUT2D eigenvalue weighted by Crippen LogP contribution is -2.04. The Hall–Kier alpha value is -3.02. The Morgan fingerprint density at radius 2 is 1.62 bits per heavy atom. The van der Waals surface area contributed by atoms with Gasteiger partial charge in [0.15, 0.2) is 11.5 Å². The fourth-order valence-electron chi connectivity index (χ4n) is 2.18. The third-order valence-corrected chi connectivity index (χ3v) is 3.63. The molecule has 2 rings (SSSR count). The zero-order valence-corrected chi connectivity index (χ0v) is 15.4. The van der Waals surface area contributed by atoms with Crippen molar-refractivity contribution in [3.8, 4) is 17.2 Å². The molecular weight excluding hydrogens is 334 g/mol. The number of carbonyl (C=O) groups is 1. The summed E-state index contributed by atoms with van der Waals surface area (Å²) in [5.41, 5.74) is 1.71. The molecule has 0 atom stereocenters. The highest BCUT2D eigenvalue weighted by molar-refractivity contribution is 5.99. The summed E-state index contributed by atoms with van der Waals surface area (Å²) in [4.78, 5) is 17.1. The number of hydrogen-bond acceptors (Lipinski definition) is 6. The molecule has 26 heavy (non-hydrogen) atoms. The Kier molecular flexibility index (Phi) is 7.02. The summed E-state index contributed by atoms with van der Waals surface area (Å²) in [6.07, 6.45) is 0.925. The predicted molar refractivity (Wildman–Crippen MR) is 99.4 cm³/mol. The van der Waals surface area contributed by atoms with E-state index < -0.39 is 5.97 Å². The van der Waals surface area contributed by atoms with Crippen LogP contribution < -0.4 is 14.2 Å². The summed E-state index contributed by atoms with van der Waals surface area (Å²) in [7, 11) is 3.13. The molecule has 0 heterocycles. The van der Waals surface area contributed by atoms with Gasteiger partial charge in [-0.25, -0.2) is 4.79 Å². The van der Waals surface area contributed by atoms with Gasteiger partial charge in [0.25, 0.3) is 0 Å². The van der Waals surface area contributed by atoms with Crippen LogP contribution in [0.25, 0.3) is 0 Å². The summed E-state index contributed by atoms with van der Waals surface area (Å²) >= 11 is 0. The van der Waals surface area contributed by atoms with Crippen molar-refractivity contribution in [1.29, 1.82) is 0 Å². The number of rotatable bonds is 8. The third kappa shape index (κ3) is 4.99. The van der Waals surface area contributed by atoms with Gasteiger partial charge in [-0.05, 0) is 55.8 Å². The largest absolute Gasteiger partial charge is 0.494 e. The van der Waals surface area contributed by atoms with E-state index in [4.69, 9.17) is 19.0 Å². The van der Waals surface area contributed by atoms with Crippen molar-refractivity contribution >= 4 is 11.7 Å². The van der Waals surface area contributed by atoms with Crippen LogP contribution in [-0.4, -0.2) is 32.5 Å². The van der Waals surface area contributed by atoms with E-state index in [2.05, 4.69) is 5.16 Å². The molecule has 0 radical (unpaired) electrons. The number of ether oxygens (including phenoxy) is 3. The maximum atomic E-state index is 12.1. The predicted octanol–water partition coefficient (Wildman–Crippen LogP) is 4.07. The number of nitrogens with zero attached hydrogens (tertiary/aromatic N) is 1. The summed E-state index contributed by atoms with van der Waals surface area (Å²) in [6, 6.07) is 12.1. The van der Waals surface area contributed by atoms with Crippen LogP contribution in [0.15, 0.2) is 47.6 Å². The fraction of sp³-hybridized carbons (Fsp3) is 0.300. The molecule has 6 heteroatoms. The first kappa shape index (κ1) is 19.3. The van der Waals surface area contributed by atoms with Crippen LogP contribution in [-0.2, 0) is 4.84 Å². The number of methoxy groups -OCH3 is 2. The highest BCUT2D eigenvalue weighted by Crippen LogP contribution is 2.27. The highest BCUT2D eigenvalue weighted by atomic mass is 16.7. The fourth-order valence-corrected chi connectivity index (χ4v) is 2.18. The van der Waals surface area contributed by atoms with Crippen LogP contribution >= 0.6 is 0 Å². The zero-order valence-electron chi connectivity index (χ0n) is 15.4. The monoisotopic (exact) mass is 357 g/mol. The van der Waals surface area contributed by atoms with Crippen molar-refractivity contribution < 1.29 is 23.8 Å². The van der Waals surface area contributed by atoms with Crippen LogP contribution in [0, 0.1) is 0 Å². The van der Waals surface area contributed by atoms with Crippen LogP contribution in [0.4, 0.5) is 0 Å². The first-order valence-electron chi connectivity index (χ1n) is 8.30. The van der Waals surface area contributed by atoms with E-state index in [1.807, 2.05) is 13.0 Å². The topological polar surface area (TPSA) is 66.4 Å². The molecular formula is C20H23NO5. The molecule has 0 saturated heterocycles. The molecule has 0 N–H and O–H groups in total. The molecule has 0 amide bonds. The van der Waals surface area contributed by atoms with Gasteiger partial charge in [0.2, 0.25) is 0 Å². The van der Waals surface area contributed by atoms with Crippen molar-refractivity contribution in [2.24, 2.45) is 5.16 Å². The minimum absolute atomic E-state index is 0.401. The molecule has 0 spiro atoms. The SMILES string of the molecule is CCCOc1ccc(C(=O)O/N=C(\C)c2ccc(OC)c(OC)c2)cc1. The lowest BCUT2D eigenvalue weighted by atomic mass is 10.1. The van der Waals surface area contributed by atoms with Crippen molar-refractivity contribution in [1.82, 2.24) is 0 Å². The van der Waals surface area contributed by atoms with Crippen LogP contribution in [0.1, 0.15) is 36.2 Å². The van der Waals surface area contributed by atoms with E-state index in [9.17, 15) is 4.79 Å². The van der Waals surface area contributed by atoms with Gasteiger partial charge in [-0.1, -0.05) is 12.1 Å². The molecule has 0 aromatic heterocycles. The molecule has 0 unspecified atom stereocenters. The number of benzene rings is 2. The summed E-state index contributed by atoms with van der Waals surface area (Å²) in [5.74, 6) is 1.38. The summed E-state index contributed by atoms with van der Waals surface area (Å²) < 4.78 is 15.9. The van der Waals surface area contributed by atoms with Crippen LogP contribution in [0.3, 0.4) is 0 Å². The van der Waals surface area contributed by atoms with E-state index in [0.29, 0.717) is 35.1 Å². The van der Waals surface area contributed by atoms with Gasteiger partial charge in [0, 0.05) is 5.56 Å². The van der Waals surface area contributed by atoms with E-state index in [0.717, 1.165) is 12.0 Å². The second-order valence-corrected chi connectivity index (χ2v) is 5.50. The lowest BCUT2D eigenvalue weighted by molar-refractivity contribution is 0.0516. The van der Waals surface area contributed by atoms with E-state index in [-0.39, 0.29) is 0 Å². The maximum Gasteiger partial charge on any atom is 0.365 e. The lowest BCUT2D eigenvalue weighted by Gasteiger charge is -2.09. The van der Waals surface area contributed by atoms with Crippen molar-refractivity contribution in [3.05, 3.63) is 53.6 Å². The van der Waals surface area contributed by atoms with Crippen LogP contribution in [0.2, 0.25) is 0 Å². The molecule has 2 aromatic carbocycles. The molecule has 0 bridgehead atoms. The quantitative estimate of drug-likeness (QED) is 0.405. The number of hydrogen-bond donors (Lipinski definition) is 0. The molecule has 0 fully saturated rings. The van der Waals surface area contributed by atoms with E-state index >= 15 is 0 Å². The second-order valence-electron chi connectivity index (χ2n) is 5.50. The smallest absolute Gasteiger partial charge is 0.365 e. The van der Waals surface area contributed by atoms with Gasteiger partial charge < -0.3 is 19.0 Å². The normalized spacial score (nSPS) is 11.0. The highest BCUT2D eigenvalue weighted by Gasteiger charge is 2.10. The van der Waals surface area contributed by atoms with Gasteiger partial charge in [0.1, 0.15) is 5.75 Å². The minimum atomic E-state index is -0.535. The van der Waals surface area contributed by atoms with Gasteiger partial charge in [0.05, 0.1) is 32.1 Å². The van der Waals surface area contributed by atoms with E-state index in [1.54, 1.807) is 57.5 Å². The summed E-state index contributed by atoms with van der Waals surface area (Å²) in [6.45, 7) is 4.42. The average molecular weight is 357 g/mol. The van der Waals surface area contributed by atoms with Crippen molar-refractivity contribution in [3.63, 3.8) is 0 Å². The van der Waals surface area contributed by atoms with Crippen LogP contribution in [0.5, 0.6) is 17.2 Å². The average Bonchev–Trinajstić information content (AvgIpc) is 2.69. The Morgan fingerprint density at radius 1 is 0.962 bits per heavy atom. The second kappa shape index (κ2) is 9.46. The Balaban J connectivity index is 2.04. The first-order chi connectivity index (χ1) is 12.6. The Bertz CT molecular complexity index is 768. The Labute approximate surface area is 153 Å². The Morgan fingerprint density at radius 3 is 2.23 bits per heavy atom. The number of oxime groups is 1. The zero-order chi connectivity index (χ0) is 18.9. The van der Waals surface area contributed by atoms with Gasteiger partial charge >= 0.3 is 5.97 Å².